The fourth-order valence-electron chi connectivity index (χ4n) is 5.43. The third-order valence-electron chi connectivity index (χ3n) is 7.63. The Morgan fingerprint density at radius 1 is 1.07 bits per heavy atom. The van der Waals surface area contributed by atoms with E-state index in [1.807, 2.05) is 4.57 Å². The van der Waals surface area contributed by atoms with Crippen molar-refractivity contribution in [1.29, 1.82) is 0 Å². The molecule has 0 radical (unpaired) electrons. The van der Waals surface area contributed by atoms with Crippen LogP contribution >= 0.6 is 38.1 Å². The zero-order valence-corrected chi connectivity index (χ0v) is 25.2. The van der Waals surface area contributed by atoms with E-state index in [1.54, 1.807) is 6.33 Å². The summed E-state index contributed by atoms with van der Waals surface area (Å²) in [5, 5.41) is 11.1. The van der Waals surface area contributed by atoms with Gasteiger partial charge in [-0.2, -0.15) is 0 Å². The zero-order valence-electron chi connectivity index (χ0n) is 21.6. The fraction of sp³-hybridized carbons (Fsp3) is 0.500. The van der Waals surface area contributed by atoms with Crippen LogP contribution in [0, 0.1) is 11.8 Å². The van der Waals surface area contributed by atoms with Crippen LogP contribution in [-0.4, -0.2) is 73.6 Å². The molecule has 5 heterocycles. The quantitative estimate of drug-likeness (QED) is 0.201. The first-order valence-electron chi connectivity index (χ1n) is 12.7. The summed E-state index contributed by atoms with van der Waals surface area (Å²) in [6.07, 6.45) is -0.0927. The molecule has 1 unspecified atom stereocenters. The topological polar surface area (TPSA) is 226 Å². The molecule has 1 aliphatic carbocycles. The molecule has 3 aromatic heterocycles. The Kier molecular flexibility index (Phi) is 8.15. The first-order chi connectivity index (χ1) is 19.9. The SMILES string of the molecule is NC(=O)c1cc([C@@H]2O[C@@H]3CO[P@@](=O)(S)OCC4[C@@H](CO[P@@](=O)(S)O[C@@H]2[C@@H]3O)C[C@H]4n2cnc3c(N)ncnc32)ccn1. The molecule has 6 rings (SSSR count). The number of rotatable bonds is 3. The first-order valence-corrected chi connectivity index (χ1v) is 18.1. The minimum atomic E-state index is -4.08. The van der Waals surface area contributed by atoms with Gasteiger partial charge in [0, 0.05) is 18.2 Å². The second kappa shape index (κ2) is 11.4. The van der Waals surface area contributed by atoms with E-state index in [2.05, 4.69) is 44.4 Å². The van der Waals surface area contributed by atoms with E-state index >= 15 is 0 Å². The highest BCUT2D eigenvalue weighted by Gasteiger charge is 2.50. The van der Waals surface area contributed by atoms with Crippen LogP contribution in [-0.2, 0) is 32.0 Å². The molecule has 42 heavy (non-hydrogen) atoms. The number of nitrogens with two attached hydrogens (primary N) is 2. The van der Waals surface area contributed by atoms with E-state index in [9.17, 15) is 19.0 Å². The lowest BCUT2D eigenvalue weighted by atomic mass is 9.70. The summed E-state index contributed by atoms with van der Waals surface area (Å²) < 4.78 is 56.9. The summed E-state index contributed by atoms with van der Waals surface area (Å²) in [5.74, 6) is -1.10. The van der Waals surface area contributed by atoms with E-state index in [0.717, 1.165) is 0 Å². The smallest absolute Gasteiger partial charge is 0.386 e. The molecule has 2 aliphatic heterocycles. The number of thiol groups is 2. The minimum absolute atomic E-state index is 0.0566. The number of primary amides is 1. The average molecular weight is 660 g/mol. The first kappa shape index (κ1) is 29.9. The summed E-state index contributed by atoms with van der Waals surface area (Å²) in [5.41, 5.74) is 12.5. The number of amides is 1. The molecule has 20 heteroatoms. The summed E-state index contributed by atoms with van der Waals surface area (Å²) in [7, 11) is 0. The van der Waals surface area contributed by atoms with Gasteiger partial charge in [-0.3, -0.25) is 18.8 Å². The Bertz CT molecular complexity index is 1620. The Morgan fingerprint density at radius 2 is 1.83 bits per heavy atom. The molecule has 226 valence electrons. The number of aromatic nitrogens is 5. The van der Waals surface area contributed by atoms with E-state index in [1.165, 1.54) is 24.7 Å². The highest BCUT2D eigenvalue weighted by atomic mass is 32.7. The maximum absolute atomic E-state index is 13.4. The van der Waals surface area contributed by atoms with Gasteiger partial charge in [0.25, 0.3) is 5.91 Å². The minimum Gasteiger partial charge on any atom is -0.387 e. The van der Waals surface area contributed by atoms with Crippen LogP contribution in [0.25, 0.3) is 11.2 Å². The van der Waals surface area contributed by atoms with Gasteiger partial charge in [-0.1, -0.05) is 24.5 Å². The van der Waals surface area contributed by atoms with Crippen LogP contribution in [0.2, 0.25) is 0 Å². The van der Waals surface area contributed by atoms with E-state index < -0.39 is 50.5 Å². The van der Waals surface area contributed by atoms with Gasteiger partial charge in [-0.15, -0.1) is 0 Å². The van der Waals surface area contributed by atoms with Gasteiger partial charge in [0.05, 0.1) is 26.1 Å². The van der Waals surface area contributed by atoms with Gasteiger partial charge in [-0.25, -0.2) is 24.1 Å². The number of pyridine rings is 1. The van der Waals surface area contributed by atoms with Crippen molar-refractivity contribution in [3.05, 3.63) is 42.2 Å². The number of aliphatic hydroxyl groups excluding tert-OH is 1. The average Bonchev–Trinajstić information content (AvgIpc) is 3.48. The van der Waals surface area contributed by atoms with Crippen molar-refractivity contribution >= 4 is 61.0 Å². The lowest BCUT2D eigenvalue weighted by Gasteiger charge is -2.45. The van der Waals surface area contributed by atoms with Crippen LogP contribution < -0.4 is 11.5 Å². The van der Waals surface area contributed by atoms with E-state index in [4.69, 9.17) is 34.3 Å². The molecule has 3 aliphatic rings. The number of nitrogen functional groups attached to an aromatic ring is 1. The number of hydrogen-bond acceptors (Lipinski definition) is 14. The zero-order chi connectivity index (χ0) is 29.8. The van der Waals surface area contributed by atoms with Gasteiger partial charge in [0.1, 0.15) is 42.0 Å². The summed E-state index contributed by atoms with van der Waals surface area (Å²) >= 11 is 8.28. The molecule has 3 aromatic rings. The van der Waals surface area contributed by atoms with E-state index in [0.29, 0.717) is 23.1 Å². The van der Waals surface area contributed by atoms with Crippen molar-refractivity contribution in [2.24, 2.45) is 17.6 Å². The largest absolute Gasteiger partial charge is 0.387 e. The Labute approximate surface area is 249 Å². The van der Waals surface area contributed by atoms with Crippen molar-refractivity contribution in [2.75, 3.05) is 25.6 Å². The van der Waals surface area contributed by atoms with Crippen LogP contribution in [0.1, 0.15) is 34.6 Å². The van der Waals surface area contributed by atoms with Gasteiger partial charge >= 0.3 is 13.6 Å². The number of fused-ring (bicyclic) bond motifs is 4. The van der Waals surface area contributed by atoms with Crippen molar-refractivity contribution in [3.63, 3.8) is 0 Å². The summed E-state index contributed by atoms with van der Waals surface area (Å²) in [6, 6.07) is 2.67. The van der Waals surface area contributed by atoms with Crippen molar-refractivity contribution < 1.29 is 41.9 Å². The number of hydrogen-bond donors (Lipinski definition) is 5. The molecule has 2 saturated heterocycles. The number of imidazole rings is 1. The van der Waals surface area contributed by atoms with Crippen molar-refractivity contribution in [1.82, 2.24) is 24.5 Å². The van der Waals surface area contributed by atoms with Gasteiger partial charge in [-0.05, 0) is 30.0 Å². The summed E-state index contributed by atoms with van der Waals surface area (Å²) in [4.78, 5) is 28.2. The fourth-order valence-corrected chi connectivity index (χ4v) is 8.11. The van der Waals surface area contributed by atoms with Crippen LogP contribution in [0.4, 0.5) is 5.82 Å². The number of anilines is 1. The summed E-state index contributed by atoms with van der Waals surface area (Å²) in [6.45, 7) is -8.56. The molecule has 1 saturated carbocycles. The van der Waals surface area contributed by atoms with Crippen molar-refractivity contribution in [2.45, 2.75) is 36.9 Å². The molecule has 1 amide bonds. The molecule has 16 nitrogen and oxygen atoms in total. The van der Waals surface area contributed by atoms with Crippen LogP contribution in [0.5, 0.6) is 0 Å². The molecule has 0 aromatic carbocycles. The predicted molar refractivity (Wildman–Crippen MR) is 153 cm³/mol. The van der Waals surface area contributed by atoms with Gasteiger partial charge in [0.15, 0.2) is 11.5 Å². The molecule has 3 fully saturated rings. The highest BCUT2D eigenvalue weighted by Crippen LogP contribution is 2.60. The molecular weight excluding hydrogens is 632 g/mol. The van der Waals surface area contributed by atoms with E-state index in [-0.39, 0.29) is 42.6 Å². The number of aliphatic hydroxyl groups is 1. The third-order valence-corrected chi connectivity index (χ3v) is 10.9. The third kappa shape index (κ3) is 5.85. The maximum atomic E-state index is 13.4. The number of nitrogens with zero attached hydrogens (tertiary/aromatic N) is 5. The highest BCUT2D eigenvalue weighted by molar-refractivity contribution is 8.44. The molecule has 9 atom stereocenters. The molecule has 0 spiro atoms. The lowest BCUT2D eigenvalue weighted by Crippen LogP contribution is -2.43. The number of carbonyl (C=O) groups excluding carboxylic acids is 1. The Morgan fingerprint density at radius 3 is 2.62 bits per heavy atom. The van der Waals surface area contributed by atoms with Gasteiger partial charge < -0.3 is 34.9 Å². The Hall–Kier alpha value is -2.11. The second-order valence-electron chi connectivity index (χ2n) is 10.1. The van der Waals surface area contributed by atoms with Crippen molar-refractivity contribution in [3.8, 4) is 0 Å². The number of carbonyl (C=O) groups is 1. The van der Waals surface area contributed by atoms with Crippen LogP contribution in [0.3, 0.4) is 0 Å². The normalized spacial score (nSPS) is 37.5. The molecule has 5 N–H and O–H groups in total. The molecule has 2 bridgehead atoms. The Balaban J connectivity index is 1.27. The standard InChI is InChI=1S/C22H27N7O9P2S2/c23-20-16-22(27-8-26-20)29(9-28-16)14-4-11-5-34-40(33,42)38-19-17(30)15(7-36-39(32,41)35-6-12(11)14)37-18(19)10-1-2-25-13(3-10)21(24)31/h1-3,8-9,11-12,14-15,17-19,30H,4-7H2,(H2,24,31)(H,32,41)(H,33,42)(H2,23,26,27)/t11-,12?,14-,15-,17-,18+,19-,39+,40-/m1/s1. The predicted octanol–water partition coefficient (Wildman–Crippen LogP) is 2.10. The molecular formula is C22H27N7O9P2S2. The monoisotopic (exact) mass is 659 g/mol. The van der Waals surface area contributed by atoms with Gasteiger partial charge in [0.2, 0.25) is 0 Å². The lowest BCUT2D eigenvalue weighted by molar-refractivity contribution is -0.0239. The maximum Gasteiger partial charge on any atom is 0.386 e. The second-order valence-corrected chi connectivity index (χ2v) is 15.9. The number of ether oxygens (including phenoxy) is 1. The van der Waals surface area contributed by atoms with Crippen LogP contribution in [0.15, 0.2) is 31.0 Å².